The molecule has 0 aliphatic rings. The summed E-state index contributed by atoms with van der Waals surface area (Å²) in [6.45, 7) is 8.25. The third-order valence-corrected chi connectivity index (χ3v) is 8.57. The van der Waals surface area contributed by atoms with Crippen LogP contribution in [-0.2, 0) is 0 Å². The topological polar surface area (TPSA) is 86.9 Å². The summed E-state index contributed by atoms with van der Waals surface area (Å²) in [6.07, 6.45) is 1.69. The van der Waals surface area contributed by atoms with Gasteiger partial charge in [0, 0.05) is 16.5 Å². The summed E-state index contributed by atoms with van der Waals surface area (Å²) in [5.41, 5.74) is 18.2. The Bertz CT molecular complexity index is 2410. The Hall–Kier alpha value is -6.78. The van der Waals surface area contributed by atoms with E-state index in [4.69, 9.17) is 21.0 Å². The summed E-state index contributed by atoms with van der Waals surface area (Å²) < 4.78 is 6.03. The Labute approximate surface area is 319 Å². The summed E-state index contributed by atoms with van der Waals surface area (Å²) in [5, 5.41) is 18.3. The molecule has 0 saturated heterocycles. The molecule has 0 atom stereocenters. The first-order chi connectivity index (χ1) is 26.4. The van der Waals surface area contributed by atoms with E-state index < -0.39 is 0 Å². The zero-order valence-corrected chi connectivity index (χ0v) is 31.4. The first kappa shape index (κ1) is 38.5. The zero-order chi connectivity index (χ0) is 38.3. The molecule has 268 valence electrons. The standard InChI is InChI=1S/C20H16O.C15H14N2.C13H11N.C2H6/c1-13-6-5-7-15(10-13)17-11-14(2)12-19-20(17)16-8-3-4-9-18(16)21-19;16-14(12-7-3-1-4-8-12)11-15(17)13-9-5-2-6-10-13;14-13(11-7-3-1-4-8-11)12-9-5-2-6-10-12;1-2/h3-12H,1-2H3;1-11,16H,17H2;1-10,14H;1-2H3/b;15-11-,16-14?;;. The normalized spacial score (nSPS) is 10.6. The van der Waals surface area contributed by atoms with Gasteiger partial charge in [0.1, 0.15) is 11.2 Å². The minimum absolute atomic E-state index is 0.423. The van der Waals surface area contributed by atoms with Gasteiger partial charge in [-0.3, -0.25) is 5.41 Å². The van der Waals surface area contributed by atoms with Crippen LogP contribution in [0.1, 0.15) is 47.2 Å². The van der Waals surface area contributed by atoms with Gasteiger partial charge >= 0.3 is 0 Å². The lowest BCUT2D eigenvalue weighted by molar-refractivity contribution is 0.668. The molecule has 4 N–H and O–H groups in total. The van der Waals surface area contributed by atoms with E-state index >= 15 is 0 Å². The van der Waals surface area contributed by atoms with Crippen LogP contribution >= 0.6 is 0 Å². The molecule has 7 aromatic carbocycles. The molecule has 4 heteroatoms. The molecule has 0 aliphatic heterocycles. The van der Waals surface area contributed by atoms with Crippen LogP contribution in [0.5, 0.6) is 0 Å². The van der Waals surface area contributed by atoms with Crippen molar-refractivity contribution in [2.24, 2.45) is 5.73 Å². The molecule has 0 aliphatic carbocycles. The summed E-state index contributed by atoms with van der Waals surface area (Å²) in [6, 6.07) is 60.0. The number of rotatable bonds is 6. The number of allylic oxidation sites excluding steroid dienone is 1. The molecule has 0 bridgehead atoms. The molecule has 0 spiro atoms. The lowest BCUT2D eigenvalue weighted by atomic mass is 9.96. The maximum atomic E-state index is 7.97. The molecule has 54 heavy (non-hydrogen) atoms. The summed E-state index contributed by atoms with van der Waals surface area (Å²) >= 11 is 0. The Morgan fingerprint density at radius 3 is 1.56 bits per heavy atom. The molecule has 0 fully saturated rings. The number of aryl methyl sites for hydroxylation is 2. The number of nitrogens with one attached hydrogen (secondary N) is 2. The van der Waals surface area contributed by atoms with Crippen LogP contribution in [0, 0.1) is 24.7 Å². The predicted molar refractivity (Wildman–Crippen MR) is 231 cm³/mol. The van der Waals surface area contributed by atoms with Crippen molar-refractivity contribution in [2.75, 3.05) is 0 Å². The Morgan fingerprint density at radius 1 is 0.500 bits per heavy atom. The highest BCUT2D eigenvalue weighted by Gasteiger charge is 2.13. The predicted octanol–water partition coefficient (Wildman–Crippen LogP) is 13.1. The highest BCUT2D eigenvalue weighted by molar-refractivity contribution is 6.13. The first-order valence-corrected chi connectivity index (χ1v) is 18.2. The van der Waals surface area contributed by atoms with Crippen LogP contribution in [-0.4, -0.2) is 11.4 Å². The Balaban J connectivity index is 0.000000155. The molecule has 0 unspecified atom stereocenters. The number of furan rings is 1. The Kier molecular flexibility index (Phi) is 13.6. The van der Waals surface area contributed by atoms with Crippen molar-refractivity contribution in [1.29, 1.82) is 10.8 Å². The lowest BCUT2D eigenvalue weighted by Gasteiger charge is -2.06. The van der Waals surface area contributed by atoms with Gasteiger partial charge in [-0.05, 0) is 71.0 Å². The average Bonchev–Trinajstić information content (AvgIpc) is 3.61. The van der Waals surface area contributed by atoms with Crippen molar-refractivity contribution in [3.8, 4) is 11.1 Å². The van der Waals surface area contributed by atoms with E-state index in [9.17, 15) is 0 Å². The maximum Gasteiger partial charge on any atom is 0.136 e. The second kappa shape index (κ2) is 19.2. The van der Waals surface area contributed by atoms with Crippen molar-refractivity contribution in [1.82, 2.24) is 0 Å². The van der Waals surface area contributed by atoms with Gasteiger partial charge in [-0.1, -0.05) is 189 Å². The van der Waals surface area contributed by atoms with Gasteiger partial charge < -0.3 is 15.6 Å². The van der Waals surface area contributed by atoms with Crippen LogP contribution in [0.2, 0.25) is 0 Å². The number of hydrogen-bond acceptors (Lipinski definition) is 4. The number of nitrogens with two attached hydrogens (primary N) is 1. The molecule has 4 nitrogen and oxygen atoms in total. The summed E-state index contributed by atoms with van der Waals surface area (Å²) in [7, 11) is 0. The maximum absolute atomic E-state index is 7.97. The zero-order valence-electron chi connectivity index (χ0n) is 31.4. The quantitative estimate of drug-likeness (QED) is 0.150. The number of benzene rings is 7. The second-order valence-corrected chi connectivity index (χ2v) is 12.5. The molecule has 0 radical (unpaired) electrons. The second-order valence-electron chi connectivity index (χ2n) is 12.5. The van der Waals surface area contributed by atoms with Crippen molar-refractivity contribution >= 4 is 39.1 Å². The highest BCUT2D eigenvalue weighted by Crippen LogP contribution is 2.37. The monoisotopic (exact) mass is 705 g/mol. The number of hydrogen-bond donors (Lipinski definition) is 3. The molecule has 1 aromatic heterocycles. The largest absolute Gasteiger partial charge is 0.456 e. The molecule has 8 rings (SSSR count). The molecule has 0 amide bonds. The number of para-hydroxylation sites is 1. The molecule has 1 heterocycles. The van der Waals surface area contributed by atoms with Gasteiger partial charge in [0.25, 0.3) is 0 Å². The van der Waals surface area contributed by atoms with Crippen LogP contribution in [0.3, 0.4) is 0 Å². The lowest BCUT2D eigenvalue weighted by Crippen LogP contribution is -2.02. The van der Waals surface area contributed by atoms with Crippen LogP contribution in [0.25, 0.3) is 38.8 Å². The number of fused-ring (bicyclic) bond motifs is 3. The highest BCUT2D eigenvalue weighted by atomic mass is 16.3. The van der Waals surface area contributed by atoms with Crippen LogP contribution < -0.4 is 5.73 Å². The smallest absolute Gasteiger partial charge is 0.136 e. The first-order valence-electron chi connectivity index (χ1n) is 18.2. The van der Waals surface area contributed by atoms with Gasteiger partial charge in [0.15, 0.2) is 0 Å². The minimum Gasteiger partial charge on any atom is -0.456 e. The fourth-order valence-electron chi connectivity index (χ4n) is 5.98. The summed E-state index contributed by atoms with van der Waals surface area (Å²) in [5.74, 6) is 0. The van der Waals surface area contributed by atoms with Gasteiger partial charge in [0.05, 0.1) is 11.4 Å². The minimum atomic E-state index is 0.423. The molecule has 8 aromatic rings. The third-order valence-electron chi connectivity index (χ3n) is 8.57. The molecular formula is C50H47N3O. The van der Waals surface area contributed by atoms with Crippen molar-refractivity contribution < 1.29 is 4.42 Å². The fourth-order valence-corrected chi connectivity index (χ4v) is 5.98. The van der Waals surface area contributed by atoms with E-state index in [-0.39, 0.29) is 0 Å². The van der Waals surface area contributed by atoms with Crippen molar-refractivity contribution in [2.45, 2.75) is 27.7 Å². The summed E-state index contributed by atoms with van der Waals surface area (Å²) in [4.78, 5) is 0. The van der Waals surface area contributed by atoms with Crippen LogP contribution in [0.15, 0.2) is 192 Å². The van der Waals surface area contributed by atoms with Gasteiger partial charge in [0.2, 0.25) is 0 Å². The van der Waals surface area contributed by atoms with E-state index in [0.717, 1.165) is 33.4 Å². The fraction of sp³-hybridized carbons (Fsp3) is 0.0800. The third kappa shape index (κ3) is 9.96. The van der Waals surface area contributed by atoms with Crippen LogP contribution in [0.4, 0.5) is 0 Å². The SMILES string of the molecule is CC.Cc1cccc(-c2cc(C)cc3oc4ccccc4c23)c1.N=C(/C=C(\N)c1ccccc1)c1ccccc1.N=C(c1ccccc1)c1ccccc1. The van der Waals surface area contributed by atoms with Crippen molar-refractivity contribution in [3.05, 3.63) is 221 Å². The molecular weight excluding hydrogens is 659 g/mol. The van der Waals surface area contributed by atoms with Gasteiger partial charge in [-0.15, -0.1) is 0 Å². The Morgan fingerprint density at radius 2 is 1.00 bits per heavy atom. The molecule has 0 saturated carbocycles. The van der Waals surface area contributed by atoms with Crippen molar-refractivity contribution in [3.63, 3.8) is 0 Å². The van der Waals surface area contributed by atoms with E-state index in [1.807, 2.05) is 147 Å². The van der Waals surface area contributed by atoms with E-state index in [2.05, 4.69) is 62.4 Å². The van der Waals surface area contributed by atoms with Gasteiger partial charge in [-0.25, -0.2) is 0 Å². The van der Waals surface area contributed by atoms with E-state index in [0.29, 0.717) is 17.1 Å². The average molecular weight is 706 g/mol. The van der Waals surface area contributed by atoms with E-state index in [1.54, 1.807) is 6.08 Å². The van der Waals surface area contributed by atoms with Gasteiger partial charge in [-0.2, -0.15) is 0 Å². The van der Waals surface area contributed by atoms with E-state index in [1.165, 1.54) is 33.0 Å².